The molecule has 0 saturated heterocycles. The largest absolute Gasteiger partial charge is 0.250 e. The average Bonchev–Trinajstić information content (AvgIpc) is 2.95. The Balaban J connectivity index is 1.86. The number of hydrogen-bond acceptors (Lipinski definition) is 7. The molecule has 98 valence electrons. The van der Waals surface area contributed by atoms with Gasteiger partial charge in [0.25, 0.3) is 0 Å². The van der Waals surface area contributed by atoms with Gasteiger partial charge in [-0.2, -0.15) is 5.10 Å². The Hall–Kier alpha value is -1.25. The molecular weight excluding hydrogens is 304 g/mol. The summed E-state index contributed by atoms with van der Waals surface area (Å²) in [6.45, 7) is 1.93. The van der Waals surface area contributed by atoms with Crippen LogP contribution in [0.15, 0.2) is 10.5 Å². The van der Waals surface area contributed by atoms with E-state index in [2.05, 4.69) is 25.3 Å². The second kappa shape index (κ2) is 5.03. The van der Waals surface area contributed by atoms with Crippen molar-refractivity contribution in [2.24, 2.45) is 7.05 Å². The van der Waals surface area contributed by atoms with E-state index in [0.717, 1.165) is 20.4 Å². The predicted octanol–water partition coefficient (Wildman–Crippen LogP) is 2.47. The van der Waals surface area contributed by atoms with E-state index < -0.39 is 0 Å². The highest BCUT2D eigenvalue weighted by atomic mass is 35.5. The van der Waals surface area contributed by atoms with Crippen molar-refractivity contribution in [3.8, 4) is 0 Å². The van der Waals surface area contributed by atoms with E-state index in [1.165, 1.54) is 0 Å². The summed E-state index contributed by atoms with van der Waals surface area (Å²) in [5, 5.41) is 14.3. The maximum absolute atomic E-state index is 6.12. The SMILES string of the molecule is Cc1nnc(SCc2nc(Cl)c3cnn(C)c3n2)s1. The van der Waals surface area contributed by atoms with Crippen molar-refractivity contribution in [1.29, 1.82) is 0 Å². The molecule has 3 rings (SSSR count). The van der Waals surface area contributed by atoms with Crippen LogP contribution < -0.4 is 0 Å². The summed E-state index contributed by atoms with van der Waals surface area (Å²) < 4.78 is 2.59. The third kappa shape index (κ3) is 2.56. The van der Waals surface area contributed by atoms with E-state index in [1.54, 1.807) is 34.0 Å². The van der Waals surface area contributed by atoms with Gasteiger partial charge in [-0.15, -0.1) is 10.2 Å². The first kappa shape index (κ1) is 12.8. The minimum atomic E-state index is 0.433. The Labute approximate surface area is 122 Å². The van der Waals surface area contributed by atoms with Crippen LogP contribution in [0.4, 0.5) is 0 Å². The molecule has 0 spiro atoms. The normalized spacial score (nSPS) is 11.3. The summed E-state index contributed by atoms with van der Waals surface area (Å²) in [5.74, 6) is 1.27. The third-order valence-corrected chi connectivity index (χ3v) is 4.68. The number of fused-ring (bicyclic) bond motifs is 1. The Morgan fingerprint density at radius 2 is 2.21 bits per heavy atom. The quantitative estimate of drug-likeness (QED) is 0.546. The van der Waals surface area contributed by atoms with Crippen LogP contribution in [0.1, 0.15) is 10.8 Å². The molecule has 9 heteroatoms. The lowest BCUT2D eigenvalue weighted by atomic mass is 10.4. The molecule has 0 bridgehead atoms. The molecule has 0 radical (unpaired) electrons. The van der Waals surface area contributed by atoms with Gasteiger partial charge < -0.3 is 0 Å². The van der Waals surface area contributed by atoms with Crippen LogP contribution in [0.3, 0.4) is 0 Å². The smallest absolute Gasteiger partial charge is 0.174 e. The lowest BCUT2D eigenvalue weighted by Crippen LogP contribution is -1.98. The second-order valence-electron chi connectivity index (χ2n) is 3.81. The van der Waals surface area contributed by atoms with Crippen LogP contribution in [0.25, 0.3) is 11.0 Å². The molecule has 0 aliphatic heterocycles. The Morgan fingerprint density at radius 1 is 1.37 bits per heavy atom. The second-order valence-corrected chi connectivity index (χ2v) is 6.57. The van der Waals surface area contributed by atoms with Crippen LogP contribution in [-0.4, -0.2) is 29.9 Å². The summed E-state index contributed by atoms with van der Waals surface area (Å²) in [7, 11) is 1.83. The number of rotatable bonds is 3. The monoisotopic (exact) mass is 312 g/mol. The van der Waals surface area contributed by atoms with Gasteiger partial charge >= 0.3 is 0 Å². The Bertz CT molecular complexity index is 737. The summed E-state index contributed by atoms with van der Waals surface area (Å²) >= 11 is 9.23. The maximum Gasteiger partial charge on any atom is 0.174 e. The standard InChI is InChI=1S/C10H9ClN6S2/c1-5-15-16-10(19-5)18-4-7-13-8(11)6-3-12-17(2)9(6)14-7/h3H,4H2,1-2H3. The fourth-order valence-corrected chi connectivity index (χ4v) is 3.46. The lowest BCUT2D eigenvalue weighted by Gasteiger charge is -2.00. The van der Waals surface area contributed by atoms with Gasteiger partial charge in [-0.25, -0.2) is 9.97 Å². The van der Waals surface area contributed by atoms with Gasteiger partial charge in [0, 0.05) is 7.05 Å². The van der Waals surface area contributed by atoms with Gasteiger partial charge in [-0.3, -0.25) is 4.68 Å². The molecule has 3 aromatic rings. The molecule has 19 heavy (non-hydrogen) atoms. The van der Waals surface area contributed by atoms with Crippen molar-refractivity contribution in [3.63, 3.8) is 0 Å². The summed E-state index contributed by atoms with van der Waals surface area (Å²) in [5.41, 5.74) is 0.740. The topological polar surface area (TPSA) is 69.4 Å². The van der Waals surface area contributed by atoms with Crippen LogP contribution in [0, 0.1) is 6.92 Å². The minimum Gasteiger partial charge on any atom is -0.250 e. The summed E-state index contributed by atoms with van der Waals surface area (Å²) in [6.07, 6.45) is 1.67. The number of aryl methyl sites for hydroxylation is 2. The first-order chi connectivity index (χ1) is 9.13. The van der Waals surface area contributed by atoms with Crippen molar-refractivity contribution < 1.29 is 0 Å². The van der Waals surface area contributed by atoms with Crippen molar-refractivity contribution in [2.75, 3.05) is 0 Å². The fourth-order valence-electron chi connectivity index (χ4n) is 1.56. The molecule has 6 nitrogen and oxygen atoms in total. The van der Waals surface area contributed by atoms with Crippen molar-refractivity contribution in [3.05, 3.63) is 22.2 Å². The van der Waals surface area contributed by atoms with Crippen LogP contribution >= 0.6 is 34.7 Å². The molecular formula is C10H9ClN6S2. The highest BCUT2D eigenvalue weighted by Crippen LogP contribution is 2.26. The maximum atomic E-state index is 6.12. The number of aromatic nitrogens is 6. The zero-order valence-electron chi connectivity index (χ0n) is 10.2. The van der Waals surface area contributed by atoms with Crippen molar-refractivity contribution in [2.45, 2.75) is 17.0 Å². The first-order valence-electron chi connectivity index (χ1n) is 5.40. The first-order valence-corrected chi connectivity index (χ1v) is 7.58. The zero-order chi connectivity index (χ0) is 13.4. The van der Waals surface area contributed by atoms with E-state index in [9.17, 15) is 0 Å². The molecule has 0 aromatic carbocycles. The molecule has 0 fully saturated rings. The number of nitrogens with zero attached hydrogens (tertiary/aromatic N) is 6. The molecule has 0 amide bonds. The van der Waals surface area contributed by atoms with Crippen LogP contribution in [-0.2, 0) is 12.8 Å². The van der Waals surface area contributed by atoms with Crippen LogP contribution in [0.5, 0.6) is 0 Å². The van der Waals surface area contributed by atoms with Gasteiger partial charge in [0.05, 0.1) is 17.3 Å². The molecule has 0 atom stereocenters. The Morgan fingerprint density at radius 3 is 2.95 bits per heavy atom. The average molecular weight is 313 g/mol. The fraction of sp³-hybridized carbons (Fsp3) is 0.300. The van der Waals surface area contributed by atoms with E-state index >= 15 is 0 Å². The summed E-state index contributed by atoms with van der Waals surface area (Å²) in [4.78, 5) is 8.73. The van der Waals surface area contributed by atoms with Crippen LogP contribution in [0.2, 0.25) is 5.15 Å². The predicted molar refractivity (Wildman–Crippen MR) is 75.5 cm³/mol. The summed E-state index contributed by atoms with van der Waals surface area (Å²) in [6, 6.07) is 0. The molecule has 0 aliphatic carbocycles. The lowest BCUT2D eigenvalue weighted by molar-refractivity contribution is 0.782. The van der Waals surface area contributed by atoms with Crippen molar-refractivity contribution >= 4 is 45.7 Å². The van der Waals surface area contributed by atoms with Gasteiger partial charge in [-0.1, -0.05) is 34.7 Å². The molecule has 3 aromatic heterocycles. The molecule has 0 N–H and O–H groups in total. The molecule has 0 saturated carbocycles. The van der Waals surface area contributed by atoms with Gasteiger partial charge in [0.15, 0.2) is 9.99 Å². The number of hydrogen-bond donors (Lipinski definition) is 0. The molecule has 0 unspecified atom stereocenters. The van der Waals surface area contributed by atoms with E-state index in [-0.39, 0.29) is 0 Å². The molecule has 0 aliphatic rings. The highest BCUT2D eigenvalue weighted by molar-refractivity contribution is 8.00. The van der Waals surface area contributed by atoms with Gasteiger partial charge in [0.2, 0.25) is 0 Å². The minimum absolute atomic E-state index is 0.433. The van der Waals surface area contributed by atoms with Crippen molar-refractivity contribution in [1.82, 2.24) is 29.9 Å². The Kier molecular flexibility index (Phi) is 3.38. The molecule has 3 heterocycles. The van der Waals surface area contributed by atoms with Gasteiger partial charge in [0.1, 0.15) is 16.0 Å². The highest BCUT2D eigenvalue weighted by Gasteiger charge is 2.11. The number of thioether (sulfide) groups is 1. The van der Waals surface area contributed by atoms with E-state index in [0.29, 0.717) is 16.7 Å². The number of halogens is 1. The van der Waals surface area contributed by atoms with E-state index in [4.69, 9.17) is 11.6 Å². The van der Waals surface area contributed by atoms with E-state index in [1.807, 2.05) is 14.0 Å². The van der Waals surface area contributed by atoms with Gasteiger partial charge in [-0.05, 0) is 6.92 Å². The third-order valence-electron chi connectivity index (χ3n) is 2.42. The zero-order valence-corrected chi connectivity index (χ0v) is 12.6.